The summed E-state index contributed by atoms with van der Waals surface area (Å²) in [6.07, 6.45) is 3.73. The average molecular weight is 613 g/mol. The SMILES string of the molecule is COCOc1c(C)c(OC)c(OCOC)c(CCCCCc2c(OC)c(OCOC)c(C)c(OC)c2OCOC)c1OC. The maximum Gasteiger partial charge on any atom is 0.188 e. The predicted octanol–water partition coefficient (Wildman–Crippen LogP) is 5.22. The lowest BCUT2D eigenvalue weighted by atomic mass is 9.97. The third-order valence-corrected chi connectivity index (χ3v) is 6.74. The number of hydrogen-bond acceptors (Lipinski definition) is 12. The van der Waals surface area contributed by atoms with E-state index in [0.717, 1.165) is 41.5 Å². The van der Waals surface area contributed by atoms with Crippen LogP contribution in [0.3, 0.4) is 0 Å². The highest BCUT2D eigenvalue weighted by molar-refractivity contribution is 5.67. The van der Waals surface area contributed by atoms with Crippen LogP contribution in [0.15, 0.2) is 0 Å². The zero-order valence-corrected chi connectivity index (χ0v) is 27.3. The number of hydrogen-bond donors (Lipinski definition) is 0. The van der Waals surface area contributed by atoms with E-state index in [9.17, 15) is 0 Å². The fraction of sp³-hybridized carbons (Fsp3) is 0.613. The lowest BCUT2D eigenvalue weighted by Gasteiger charge is -2.23. The van der Waals surface area contributed by atoms with E-state index in [2.05, 4.69) is 0 Å². The fourth-order valence-corrected chi connectivity index (χ4v) is 4.92. The molecule has 0 fully saturated rings. The Balaban J connectivity index is 2.39. The summed E-state index contributed by atoms with van der Waals surface area (Å²) in [5, 5.41) is 0. The van der Waals surface area contributed by atoms with Gasteiger partial charge in [0.2, 0.25) is 0 Å². The highest BCUT2D eigenvalue weighted by Gasteiger charge is 2.28. The molecule has 12 heteroatoms. The second-order valence-corrected chi connectivity index (χ2v) is 9.42. The minimum atomic E-state index is 0.0526. The van der Waals surface area contributed by atoms with E-state index in [-0.39, 0.29) is 27.2 Å². The van der Waals surface area contributed by atoms with Gasteiger partial charge in [0.25, 0.3) is 0 Å². The molecule has 0 saturated carbocycles. The van der Waals surface area contributed by atoms with Crippen molar-refractivity contribution in [1.29, 1.82) is 0 Å². The van der Waals surface area contributed by atoms with Crippen molar-refractivity contribution < 1.29 is 56.8 Å². The third-order valence-electron chi connectivity index (χ3n) is 6.74. The van der Waals surface area contributed by atoms with E-state index in [1.807, 2.05) is 13.8 Å². The molecular weight excluding hydrogens is 564 g/mol. The molecule has 244 valence electrons. The maximum atomic E-state index is 5.99. The monoisotopic (exact) mass is 612 g/mol. The molecule has 0 aliphatic carbocycles. The minimum absolute atomic E-state index is 0.0526. The van der Waals surface area contributed by atoms with Gasteiger partial charge in [-0.3, -0.25) is 0 Å². The van der Waals surface area contributed by atoms with Crippen LogP contribution < -0.4 is 37.9 Å². The van der Waals surface area contributed by atoms with Crippen LogP contribution in [-0.4, -0.2) is 84.1 Å². The Morgan fingerprint density at radius 3 is 0.930 bits per heavy atom. The highest BCUT2D eigenvalue weighted by atomic mass is 16.7. The Morgan fingerprint density at radius 1 is 0.349 bits per heavy atom. The molecule has 12 nitrogen and oxygen atoms in total. The van der Waals surface area contributed by atoms with Gasteiger partial charge >= 0.3 is 0 Å². The Morgan fingerprint density at radius 2 is 0.651 bits per heavy atom. The molecule has 2 rings (SSSR count). The lowest BCUT2D eigenvalue weighted by molar-refractivity contribution is 0.0439. The molecule has 0 aliphatic rings. The molecule has 0 radical (unpaired) electrons. The summed E-state index contributed by atoms with van der Waals surface area (Å²) in [5.74, 6) is 4.45. The first kappa shape index (κ1) is 35.9. The number of ether oxygens (including phenoxy) is 12. The van der Waals surface area contributed by atoms with Gasteiger partial charge in [-0.05, 0) is 39.5 Å². The summed E-state index contributed by atoms with van der Waals surface area (Å²) in [7, 11) is 12.7. The van der Waals surface area contributed by atoms with Crippen molar-refractivity contribution in [3.8, 4) is 46.0 Å². The average Bonchev–Trinajstić information content (AvgIpc) is 3.01. The van der Waals surface area contributed by atoms with Gasteiger partial charge < -0.3 is 56.8 Å². The molecule has 0 heterocycles. The van der Waals surface area contributed by atoms with Crippen molar-refractivity contribution in [3.63, 3.8) is 0 Å². The molecule has 0 aliphatic heterocycles. The molecular formula is C31H48O12. The largest absolute Gasteiger partial charge is 0.492 e. The van der Waals surface area contributed by atoms with Crippen molar-refractivity contribution in [1.82, 2.24) is 0 Å². The van der Waals surface area contributed by atoms with Gasteiger partial charge in [0.05, 0.1) is 28.4 Å². The molecule has 0 saturated heterocycles. The van der Waals surface area contributed by atoms with Crippen molar-refractivity contribution in [2.45, 2.75) is 46.0 Å². The molecule has 0 aromatic heterocycles. The van der Waals surface area contributed by atoms with Crippen LogP contribution in [0.25, 0.3) is 0 Å². The Labute approximate surface area is 255 Å². The second-order valence-electron chi connectivity index (χ2n) is 9.42. The van der Waals surface area contributed by atoms with Gasteiger partial charge in [-0.15, -0.1) is 0 Å². The van der Waals surface area contributed by atoms with Crippen LogP contribution in [0.1, 0.15) is 41.5 Å². The molecule has 0 atom stereocenters. The Bertz CT molecular complexity index is 1050. The van der Waals surface area contributed by atoms with Crippen LogP contribution in [0.2, 0.25) is 0 Å². The van der Waals surface area contributed by atoms with E-state index in [0.29, 0.717) is 58.8 Å². The Hall–Kier alpha value is -3.32. The van der Waals surface area contributed by atoms with Crippen molar-refractivity contribution in [2.75, 3.05) is 84.1 Å². The molecule has 2 aromatic carbocycles. The lowest BCUT2D eigenvalue weighted by Crippen LogP contribution is -2.10. The molecule has 0 spiro atoms. The standard InChI is InChI=1S/C31H48O12/c1-20-24(36-7)30(42-18-34-5)22(28(38-9)26(20)40-16-32-3)14-12-11-13-15-23-29(39-10)27(41-17-33-4)21(2)25(37-8)31(23)43-19-35-6/h11-19H2,1-10H3. The summed E-state index contributed by atoms with van der Waals surface area (Å²) in [4.78, 5) is 0. The van der Waals surface area contributed by atoms with Crippen molar-refractivity contribution in [2.24, 2.45) is 0 Å². The van der Waals surface area contributed by atoms with Gasteiger partial charge in [0.1, 0.15) is 0 Å². The van der Waals surface area contributed by atoms with Gasteiger partial charge in [0.15, 0.2) is 73.2 Å². The molecule has 0 amide bonds. The summed E-state index contributed by atoms with van der Waals surface area (Å²) in [6.45, 7) is 3.99. The van der Waals surface area contributed by atoms with E-state index in [4.69, 9.17) is 56.8 Å². The van der Waals surface area contributed by atoms with Crippen molar-refractivity contribution >= 4 is 0 Å². The number of unbranched alkanes of at least 4 members (excludes halogenated alkanes) is 2. The zero-order valence-electron chi connectivity index (χ0n) is 27.3. The maximum absolute atomic E-state index is 5.99. The first-order valence-corrected chi connectivity index (χ1v) is 13.9. The number of rotatable bonds is 22. The zero-order chi connectivity index (χ0) is 31.8. The molecule has 43 heavy (non-hydrogen) atoms. The summed E-state index contributed by atoms with van der Waals surface area (Å²) in [6, 6.07) is 0. The third kappa shape index (κ3) is 8.85. The Kier molecular flexibility index (Phi) is 15.9. The molecule has 2 aromatic rings. The fourth-order valence-electron chi connectivity index (χ4n) is 4.92. The molecule has 0 unspecified atom stereocenters. The van der Waals surface area contributed by atoms with Gasteiger partial charge in [-0.2, -0.15) is 0 Å². The molecule has 0 N–H and O–H groups in total. The van der Waals surface area contributed by atoms with Gasteiger partial charge in [-0.25, -0.2) is 0 Å². The number of benzene rings is 2. The second kappa shape index (κ2) is 19.1. The smallest absolute Gasteiger partial charge is 0.188 e. The van der Waals surface area contributed by atoms with Crippen LogP contribution in [0.5, 0.6) is 46.0 Å². The highest BCUT2D eigenvalue weighted by Crippen LogP contribution is 2.50. The first-order chi connectivity index (χ1) is 20.9. The van der Waals surface area contributed by atoms with Crippen LogP contribution in [-0.2, 0) is 31.8 Å². The predicted molar refractivity (Wildman–Crippen MR) is 160 cm³/mol. The number of methoxy groups -OCH3 is 8. The summed E-state index contributed by atoms with van der Waals surface area (Å²) >= 11 is 0. The summed E-state index contributed by atoms with van der Waals surface area (Å²) < 4.78 is 67.6. The van der Waals surface area contributed by atoms with E-state index >= 15 is 0 Å². The van der Waals surface area contributed by atoms with Gasteiger partial charge in [-0.1, -0.05) is 6.42 Å². The normalized spacial score (nSPS) is 10.8. The molecule has 0 bridgehead atoms. The summed E-state index contributed by atoms with van der Waals surface area (Å²) in [5.41, 5.74) is 3.12. The first-order valence-electron chi connectivity index (χ1n) is 13.9. The van der Waals surface area contributed by atoms with Crippen LogP contribution in [0.4, 0.5) is 0 Å². The van der Waals surface area contributed by atoms with Crippen LogP contribution >= 0.6 is 0 Å². The topological polar surface area (TPSA) is 111 Å². The van der Waals surface area contributed by atoms with Crippen LogP contribution in [0, 0.1) is 13.8 Å². The van der Waals surface area contributed by atoms with E-state index in [1.54, 1.807) is 56.9 Å². The minimum Gasteiger partial charge on any atom is -0.492 e. The van der Waals surface area contributed by atoms with E-state index < -0.39 is 0 Å². The quantitative estimate of drug-likeness (QED) is 0.128. The van der Waals surface area contributed by atoms with Crippen molar-refractivity contribution in [3.05, 3.63) is 22.3 Å². The van der Waals surface area contributed by atoms with Gasteiger partial charge in [0, 0.05) is 50.7 Å². The van der Waals surface area contributed by atoms with E-state index in [1.165, 1.54) is 0 Å².